The summed E-state index contributed by atoms with van der Waals surface area (Å²) in [7, 11) is 0. The number of aliphatic imine (C=N–C) groups is 1. The Morgan fingerprint density at radius 1 is 1.14 bits per heavy atom. The number of benzene rings is 1. The molecule has 0 saturated heterocycles. The van der Waals surface area contributed by atoms with Gasteiger partial charge in [-0.15, -0.1) is 0 Å². The second kappa shape index (κ2) is 2.92. The van der Waals surface area contributed by atoms with Gasteiger partial charge in [0.25, 0.3) is 0 Å². The van der Waals surface area contributed by atoms with Crippen molar-refractivity contribution in [2.75, 3.05) is 0 Å². The van der Waals surface area contributed by atoms with Crippen LogP contribution in [0, 0.1) is 0 Å². The molecule has 1 aliphatic carbocycles. The Balaban J connectivity index is 2.17. The molecule has 1 aromatic rings. The van der Waals surface area contributed by atoms with Gasteiger partial charge in [-0.2, -0.15) is 0 Å². The van der Waals surface area contributed by atoms with Gasteiger partial charge in [-0.3, -0.25) is 4.99 Å². The first-order valence-electron chi connectivity index (χ1n) is 4.56. The highest BCUT2D eigenvalue weighted by Gasteiger charge is 2.23. The molecular weight excluding hydrogens is 238 g/mol. The largest absolute Gasteiger partial charge is 0.253 e. The Morgan fingerprint density at radius 3 is 2.93 bits per heavy atom. The number of hydrogen-bond donors (Lipinski definition) is 0. The van der Waals surface area contributed by atoms with Gasteiger partial charge in [0.2, 0.25) is 0 Å². The molecule has 1 heterocycles. The molecule has 1 nitrogen and oxygen atoms in total. The highest BCUT2D eigenvalue weighted by atomic mass is 79.9. The lowest BCUT2D eigenvalue weighted by atomic mass is 9.96. The summed E-state index contributed by atoms with van der Waals surface area (Å²) in [6.45, 7) is 0. The zero-order valence-corrected chi connectivity index (χ0v) is 9.03. The van der Waals surface area contributed by atoms with E-state index < -0.39 is 0 Å². The van der Waals surface area contributed by atoms with Crippen LogP contribution in [0.3, 0.4) is 0 Å². The third kappa shape index (κ3) is 1.11. The van der Waals surface area contributed by atoms with Gasteiger partial charge in [-0.25, -0.2) is 0 Å². The zero-order valence-electron chi connectivity index (χ0n) is 7.44. The van der Waals surface area contributed by atoms with E-state index >= 15 is 0 Å². The zero-order chi connectivity index (χ0) is 9.54. The summed E-state index contributed by atoms with van der Waals surface area (Å²) in [5, 5.41) is 0. The molecule has 1 aliphatic heterocycles. The molecule has 2 aliphatic rings. The van der Waals surface area contributed by atoms with E-state index in [-0.39, 0.29) is 0 Å². The highest BCUT2D eigenvalue weighted by Crippen LogP contribution is 2.38. The van der Waals surface area contributed by atoms with Crippen molar-refractivity contribution in [3.63, 3.8) is 0 Å². The van der Waals surface area contributed by atoms with Crippen LogP contribution in [-0.2, 0) is 0 Å². The van der Waals surface area contributed by atoms with Crippen LogP contribution in [0.25, 0.3) is 6.08 Å². The summed E-state index contributed by atoms with van der Waals surface area (Å²) in [6, 6.07) is 8.47. The molecule has 14 heavy (non-hydrogen) atoms. The number of rotatable bonds is 0. The average Bonchev–Trinajstić information content (AvgIpc) is 2.54. The van der Waals surface area contributed by atoms with Crippen LogP contribution >= 0.6 is 15.9 Å². The minimum Gasteiger partial charge on any atom is -0.253 e. The molecule has 1 atom stereocenters. The van der Waals surface area contributed by atoms with E-state index in [1.54, 1.807) is 0 Å². The van der Waals surface area contributed by atoms with Gasteiger partial charge in [-0.1, -0.05) is 30.3 Å². The number of nitrogens with zero attached hydrogens (tertiary/aromatic N) is 1. The molecule has 0 bridgehead atoms. The number of fused-ring (bicyclic) bond motifs is 3. The van der Waals surface area contributed by atoms with Gasteiger partial charge >= 0.3 is 0 Å². The van der Waals surface area contributed by atoms with E-state index in [4.69, 9.17) is 0 Å². The maximum Gasteiger partial charge on any atom is 0.106 e. The maximum absolute atomic E-state index is 4.28. The lowest BCUT2D eigenvalue weighted by Crippen LogP contribution is -2.02. The number of allylic oxidation sites excluding steroid dienone is 2. The molecule has 0 aromatic heterocycles. The van der Waals surface area contributed by atoms with E-state index in [1.165, 1.54) is 16.7 Å². The SMILES string of the molecule is BrC1=CC2=Cc3ccccc3C2C=N1. The summed E-state index contributed by atoms with van der Waals surface area (Å²) >= 11 is 3.39. The molecule has 0 N–H and O–H groups in total. The molecule has 1 aromatic carbocycles. The van der Waals surface area contributed by atoms with Gasteiger partial charge in [0.15, 0.2) is 0 Å². The smallest absolute Gasteiger partial charge is 0.106 e. The summed E-state index contributed by atoms with van der Waals surface area (Å²) in [6.07, 6.45) is 6.32. The first-order chi connectivity index (χ1) is 6.84. The quantitative estimate of drug-likeness (QED) is 0.621. The Hall–Kier alpha value is -1.15. The normalized spacial score (nSPS) is 22.5. The van der Waals surface area contributed by atoms with Crippen molar-refractivity contribution < 1.29 is 0 Å². The Labute approximate surface area is 91.0 Å². The van der Waals surface area contributed by atoms with Crippen molar-refractivity contribution in [3.8, 4) is 0 Å². The summed E-state index contributed by atoms with van der Waals surface area (Å²) in [5.74, 6) is 0.368. The minimum atomic E-state index is 0.368. The highest BCUT2D eigenvalue weighted by molar-refractivity contribution is 9.11. The van der Waals surface area contributed by atoms with Crippen LogP contribution in [0.1, 0.15) is 17.0 Å². The van der Waals surface area contributed by atoms with Crippen LogP contribution in [0.4, 0.5) is 0 Å². The van der Waals surface area contributed by atoms with Crippen LogP contribution in [0.2, 0.25) is 0 Å². The van der Waals surface area contributed by atoms with Crippen molar-refractivity contribution >= 4 is 28.2 Å². The number of hydrogen-bond acceptors (Lipinski definition) is 1. The summed E-state index contributed by atoms with van der Waals surface area (Å²) in [4.78, 5) is 4.28. The van der Waals surface area contributed by atoms with Gasteiger partial charge in [0, 0.05) is 12.1 Å². The standard InChI is InChI=1S/C12H8BrN/c13-12-6-9-5-8-3-1-2-4-10(8)11(9)7-14-12/h1-7,11H. The van der Waals surface area contributed by atoms with Gasteiger partial charge < -0.3 is 0 Å². The summed E-state index contributed by atoms with van der Waals surface area (Å²) in [5.41, 5.74) is 4.01. The van der Waals surface area contributed by atoms with Crippen molar-refractivity contribution in [1.82, 2.24) is 0 Å². The van der Waals surface area contributed by atoms with Gasteiger partial charge in [0.1, 0.15) is 4.61 Å². The van der Waals surface area contributed by atoms with E-state index in [9.17, 15) is 0 Å². The first-order valence-corrected chi connectivity index (χ1v) is 5.36. The molecule has 3 rings (SSSR count). The van der Waals surface area contributed by atoms with E-state index in [0.717, 1.165) is 4.61 Å². The molecule has 1 unspecified atom stereocenters. The van der Waals surface area contributed by atoms with Crippen molar-refractivity contribution in [3.05, 3.63) is 51.6 Å². The van der Waals surface area contributed by atoms with E-state index in [1.807, 2.05) is 6.21 Å². The molecule has 0 spiro atoms. The second-order valence-corrected chi connectivity index (χ2v) is 4.31. The monoisotopic (exact) mass is 245 g/mol. The van der Waals surface area contributed by atoms with Crippen LogP contribution in [0.15, 0.2) is 45.5 Å². The number of halogens is 1. The molecule has 0 saturated carbocycles. The first kappa shape index (κ1) is 8.18. The maximum atomic E-state index is 4.28. The van der Waals surface area contributed by atoms with Crippen molar-refractivity contribution in [2.24, 2.45) is 4.99 Å². The fraction of sp³-hybridized carbons (Fsp3) is 0.0833. The van der Waals surface area contributed by atoms with Crippen LogP contribution in [-0.4, -0.2) is 6.21 Å². The van der Waals surface area contributed by atoms with Crippen molar-refractivity contribution in [2.45, 2.75) is 5.92 Å². The topological polar surface area (TPSA) is 12.4 Å². The van der Waals surface area contributed by atoms with Crippen LogP contribution < -0.4 is 0 Å². The predicted octanol–water partition coefficient (Wildman–Crippen LogP) is 3.49. The predicted molar refractivity (Wildman–Crippen MR) is 62.7 cm³/mol. The fourth-order valence-corrected chi connectivity index (χ4v) is 2.38. The molecule has 0 amide bonds. The molecule has 0 fully saturated rings. The molecule has 68 valence electrons. The molecule has 0 radical (unpaired) electrons. The van der Waals surface area contributed by atoms with Gasteiger partial charge in [0.05, 0.1) is 0 Å². The van der Waals surface area contributed by atoms with Gasteiger partial charge in [-0.05, 0) is 38.7 Å². The Morgan fingerprint density at radius 2 is 2.00 bits per heavy atom. The fourth-order valence-electron chi connectivity index (χ4n) is 1.99. The summed E-state index contributed by atoms with van der Waals surface area (Å²) < 4.78 is 0.910. The molecule has 2 heteroatoms. The third-order valence-electron chi connectivity index (χ3n) is 2.65. The Bertz CT molecular complexity index is 483. The van der Waals surface area contributed by atoms with E-state index in [2.05, 4.69) is 57.3 Å². The lowest BCUT2D eigenvalue weighted by Gasteiger charge is -2.12. The molecular formula is C12H8BrN. The average molecular weight is 246 g/mol. The minimum absolute atomic E-state index is 0.368. The lowest BCUT2D eigenvalue weighted by molar-refractivity contribution is 1.12. The van der Waals surface area contributed by atoms with E-state index in [0.29, 0.717) is 5.92 Å². The van der Waals surface area contributed by atoms with Crippen molar-refractivity contribution in [1.29, 1.82) is 0 Å². The third-order valence-corrected chi connectivity index (χ3v) is 3.08. The second-order valence-electron chi connectivity index (χ2n) is 3.50. The Kier molecular flexibility index (Phi) is 1.71. The van der Waals surface area contributed by atoms with Crippen LogP contribution in [0.5, 0.6) is 0 Å².